The number of aliphatic imine (C=N–C) groups is 1. The van der Waals surface area contributed by atoms with Gasteiger partial charge in [-0.15, -0.1) is 0 Å². The second-order valence-corrected chi connectivity index (χ2v) is 9.36. The standard InChI is InChI=1S/C25H31N5O2/c1-29(2)15-16-6-9-30(10-7-16)21-13-20(23-19(5-8-27-23)22(21)24(26)31)18-12-17-4-3-11-32-25(17)28-14-18/h8,12-14,16H,3-7,9-11,15H2,1-2H3,(H2,26,31). The third kappa shape index (κ3) is 3.86. The Hall–Kier alpha value is -2.93. The molecule has 5 rings (SSSR count). The van der Waals surface area contributed by atoms with Gasteiger partial charge in [0.2, 0.25) is 5.88 Å². The van der Waals surface area contributed by atoms with E-state index in [9.17, 15) is 4.79 Å². The number of ether oxygens (including phenoxy) is 1. The molecular weight excluding hydrogens is 402 g/mol. The maximum Gasteiger partial charge on any atom is 0.251 e. The first-order valence-corrected chi connectivity index (χ1v) is 11.5. The fraction of sp³-hybridized carbons (Fsp3) is 0.480. The number of carbonyl (C=O) groups excluding carboxylic acids is 1. The number of nitrogens with two attached hydrogens (primary N) is 1. The van der Waals surface area contributed by atoms with Crippen LogP contribution in [-0.4, -0.2) is 62.3 Å². The zero-order valence-corrected chi connectivity index (χ0v) is 18.9. The molecule has 7 heteroatoms. The number of fused-ring (bicyclic) bond motifs is 2. The van der Waals surface area contributed by atoms with Crippen molar-refractivity contribution in [3.8, 4) is 17.0 Å². The van der Waals surface area contributed by atoms with Gasteiger partial charge >= 0.3 is 0 Å². The summed E-state index contributed by atoms with van der Waals surface area (Å²) in [6, 6.07) is 4.28. The second kappa shape index (κ2) is 8.54. The number of primary amides is 1. The van der Waals surface area contributed by atoms with E-state index < -0.39 is 0 Å². The smallest absolute Gasteiger partial charge is 0.251 e. The molecule has 32 heavy (non-hydrogen) atoms. The van der Waals surface area contributed by atoms with Crippen LogP contribution in [0, 0.1) is 5.92 Å². The predicted molar refractivity (Wildman–Crippen MR) is 127 cm³/mol. The van der Waals surface area contributed by atoms with E-state index in [2.05, 4.69) is 46.0 Å². The number of pyridine rings is 1. The molecule has 4 heterocycles. The van der Waals surface area contributed by atoms with Gasteiger partial charge in [0, 0.05) is 55.2 Å². The summed E-state index contributed by atoms with van der Waals surface area (Å²) in [5.74, 6) is 1.04. The number of anilines is 1. The van der Waals surface area contributed by atoms with Crippen molar-refractivity contribution >= 4 is 23.5 Å². The van der Waals surface area contributed by atoms with Gasteiger partial charge in [0.15, 0.2) is 0 Å². The van der Waals surface area contributed by atoms with Crippen molar-refractivity contribution in [2.75, 3.05) is 45.2 Å². The molecule has 3 aliphatic rings. The highest BCUT2D eigenvalue weighted by molar-refractivity contribution is 6.06. The number of benzene rings is 1. The summed E-state index contributed by atoms with van der Waals surface area (Å²) in [5, 5.41) is 0. The number of aryl methyl sites for hydroxylation is 1. The molecule has 168 valence electrons. The summed E-state index contributed by atoms with van der Waals surface area (Å²) in [6.07, 6.45) is 8.56. The van der Waals surface area contributed by atoms with Gasteiger partial charge in [-0.2, -0.15) is 0 Å². The SMILES string of the molecule is CN(C)CC1CCN(c2cc(-c3cnc4c(c3)CCCO4)c3c(c2C(N)=O)CC=N3)CC1. The number of aromatic nitrogens is 1. The molecule has 0 aliphatic carbocycles. The molecule has 0 spiro atoms. The molecule has 3 aliphatic heterocycles. The molecule has 0 atom stereocenters. The second-order valence-electron chi connectivity index (χ2n) is 9.36. The van der Waals surface area contributed by atoms with Crippen molar-refractivity contribution < 1.29 is 9.53 Å². The molecule has 2 aromatic rings. The Morgan fingerprint density at radius 3 is 2.84 bits per heavy atom. The van der Waals surface area contributed by atoms with Crippen LogP contribution in [0.3, 0.4) is 0 Å². The van der Waals surface area contributed by atoms with E-state index in [1.807, 2.05) is 12.4 Å². The topological polar surface area (TPSA) is 84.0 Å². The van der Waals surface area contributed by atoms with E-state index in [-0.39, 0.29) is 5.91 Å². The molecule has 1 aromatic heterocycles. The Morgan fingerprint density at radius 1 is 1.28 bits per heavy atom. The quantitative estimate of drug-likeness (QED) is 0.783. The predicted octanol–water partition coefficient (Wildman–Crippen LogP) is 3.21. The number of piperidine rings is 1. The number of nitrogens with zero attached hydrogens (tertiary/aromatic N) is 4. The fourth-order valence-corrected chi connectivity index (χ4v) is 5.29. The van der Waals surface area contributed by atoms with Gasteiger partial charge in [0.25, 0.3) is 5.91 Å². The molecule has 1 aromatic carbocycles. The third-order valence-electron chi connectivity index (χ3n) is 6.79. The maximum atomic E-state index is 12.6. The average Bonchev–Trinajstić information content (AvgIpc) is 3.27. The Balaban J connectivity index is 1.55. The van der Waals surface area contributed by atoms with Crippen LogP contribution in [0.5, 0.6) is 5.88 Å². The lowest BCUT2D eigenvalue weighted by atomic mass is 9.91. The number of hydrogen-bond acceptors (Lipinski definition) is 6. The van der Waals surface area contributed by atoms with E-state index in [0.29, 0.717) is 17.9 Å². The van der Waals surface area contributed by atoms with Crippen LogP contribution >= 0.6 is 0 Å². The van der Waals surface area contributed by atoms with Crippen molar-refractivity contribution in [2.45, 2.75) is 32.1 Å². The minimum atomic E-state index is -0.374. The Kier molecular flexibility index (Phi) is 5.59. The van der Waals surface area contributed by atoms with Gasteiger partial charge in [-0.3, -0.25) is 9.79 Å². The van der Waals surface area contributed by atoms with Crippen LogP contribution in [0.4, 0.5) is 11.4 Å². The van der Waals surface area contributed by atoms with Crippen LogP contribution in [0.1, 0.15) is 40.7 Å². The van der Waals surface area contributed by atoms with Gasteiger partial charge in [0.05, 0.1) is 23.5 Å². The highest BCUT2D eigenvalue weighted by Crippen LogP contribution is 2.44. The van der Waals surface area contributed by atoms with Crippen LogP contribution in [0.15, 0.2) is 23.3 Å². The summed E-state index contributed by atoms with van der Waals surface area (Å²) in [7, 11) is 4.25. The largest absolute Gasteiger partial charge is 0.477 e. The minimum absolute atomic E-state index is 0.374. The molecule has 0 bridgehead atoms. The first-order valence-electron chi connectivity index (χ1n) is 11.5. The van der Waals surface area contributed by atoms with Crippen molar-refractivity contribution in [3.63, 3.8) is 0 Å². The number of carbonyl (C=O) groups is 1. The molecule has 0 unspecified atom stereocenters. The number of rotatable bonds is 5. The lowest BCUT2D eigenvalue weighted by molar-refractivity contribution is 0.1000. The summed E-state index contributed by atoms with van der Waals surface area (Å²) in [4.78, 5) is 26.4. The van der Waals surface area contributed by atoms with E-state index in [1.165, 1.54) is 0 Å². The van der Waals surface area contributed by atoms with Crippen molar-refractivity contribution in [1.82, 2.24) is 9.88 Å². The Morgan fingerprint density at radius 2 is 2.09 bits per heavy atom. The molecule has 1 fully saturated rings. The number of hydrogen-bond donors (Lipinski definition) is 1. The van der Waals surface area contributed by atoms with Gasteiger partial charge in [-0.1, -0.05) is 0 Å². The van der Waals surface area contributed by atoms with Gasteiger partial charge < -0.3 is 20.3 Å². The first kappa shape index (κ1) is 20.9. The summed E-state index contributed by atoms with van der Waals surface area (Å²) in [6.45, 7) is 3.67. The van der Waals surface area contributed by atoms with E-state index in [0.717, 1.165) is 91.4 Å². The highest BCUT2D eigenvalue weighted by Gasteiger charge is 2.29. The van der Waals surface area contributed by atoms with Gasteiger partial charge in [-0.25, -0.2) is 4.98 Å². The molecule has 1 amide bonds. The zero-order chi connectivity index (χ0) is 22.2. The minimum Gasteiger partial charge on any atom is -0.477 e. The van der Waals surface area contributed by atoms with Crippen LogP contribution in [0.25, 0.3) is 11.1 Å². The van der Waals surface area contributed by atoms with Crippen LogP contribution in [0.2, 0.25) is 0 Å². The average molecular weight is 434 g/mol. The fourth-order valence-electron chi connectivity index (χ4n) is 5.29. The van der Waals surface area contributed by atoms with Crippen molar-refractivity contribution in [2.24, 2.45) is 16.6 Å². The van der Waals surface area contributed by atoms with E-state index in [1.54, 1.807) is 0 Å². The summed E-state index contributed by atoms with van der Waals surface area (Å²) >= 11 is 0. The Bertz CT molecular complexity index is 1070. The molecule has 2 N–H and O–H groups in total. The monoisotopic (exact) mass is 433 g/mol. The number of amides is 1. The normalized spacial score (nSPS) is 17.9. The summed E-state index contributed by atoms with van der Waals surface area (Å²) < 4.78 is 5.70. The Labute approximate surface area is 189 Å². The molecule has 7 nitrogen and oxygen atoms in total. The molecular formula is C25H31N5O2. The lowest BCUT2D eigenvalue weighted by Crippen LogP contribution is -2.38. The van der Waals surface area contributed by atoms with Gasteiger partial charge in [-0.05, 0) is 63.4 Å². The van der Waals surface area contributed by atoms with E-state index in [4.69, 9.17) is 10.5 Å². The lowest BCUT2D eigenvalue weighted by Gasteiger charge is -2.36. The zero-order valence-electron chi connectivity index (χ0n) is 18.9. The highest BCUT2D eigenvalue weighted by atomic mass is 16.5. The maximum absolute atomic E-state index is 12.6. The molecule has 1 saturated heterocycles. The van der Waals surface area contributed by atoms with Crippen LogP contribution < -0.4 is 15.4 Å². The molecule has 0 saturated carbocycles. The third-order valence-corrected chi connectivity index (χ3v) is 6.79. The van der Waals surface area contributed by atoms with Gasteiger partial charge in [0.1, 0.15) is 0 Å². The van der Waals surface area contributed by atoms with Crippen molar-refractivity contribution in [1.29, 1.82) is 0 Å². The molecule has 0 radical (unpaired) electrons. The van der Waals surface area contributed by atoms with Crippen LogP contribution in [-0.2, 0) is 12.8 Å². The van der Waals surface area contributed by atoms with E-state index >= 15 is 0 Å². The summed E-state index contributed by atoms with van der Waals surface area (Å²) in [5.41, 5.74) is 12.4. The first-order chi connectivity index (χ1) is 15.5. The van der Waals surface area contributed by atoms with Crippen molar-refractivity contribution in [3.05, 3.63) is 35.0 Å².